The molecule has 4 rings (SSSR count). The van der Waals surface area contributed by atoms with E-state index in [1.165, 1.54) is 11.2 Å². The van der Waals surface area contributed by atoms with Crippen molar-refractivity contribution in [3.8, 4) is 17.2 Å². The van der Waals surface area contributed by atoms with E-state index in [1.54, 1.807) is 61.7 Å². The molecular formula is C29H31NO7. The summed E-state index contributed by atoms with van der Waals surface area (Å²) in [7, 11) is 1.54. The van der Waals surface area contributed by atoms with Crippen LogP contribution in [0.15, 0.2) is 70.9 Å². The average molecular weight is 506 g/mol. The Morgan fingerprint density at radius 2 is 1.81 bits per heavy atom. The highest BCUT2D eigenvalue weighted by molar-refractivity contribution is 6.46. The summed E-state index contributed by atoms with van der Waals surface area (Å²) in [6.45, 7) is 4.96. The van der Waals surface area contributed by atoms with Gasteiger partial charge in [-0.05, 0) is 67.4 Å². The summed E-state index contributed by atoms with van der Waals surface area (Å²) in [5.41, 5.74) is 0.988. The highest BCUT2D eigenvalue weighted by Crippen LogP contribution is 2.43. The number of ketones is 1. The fraction of sp³-hybridized carbons (Fsp3) is 0.310. The van der Waals surface area contributed by atoms with Crippen LogP contribution in [0.4, 0.5) is 0 Å². The Morgan fingerprint density at radius 1 is 1.03 bits per heavy atom. The lowest BCUT2D eigenvalue weighted by Crippen LogP contribution is -2.29. The summed E-state index contributed by atoms with van der Waals surface area (Å²) in [5.74, 6) is 0.437. The van der Waals surface area contributed by atoms with Gasteiger partial charge in [-0.25, -0.2) is 0 Å². The van der Waals surface area contributed by atoms with Crippen molar-refractivity contribution in [3.63, 3.8) is 0 Å². The van der Waals surface area contributed by atoms with Gasteiger partial charge in [0.25, 0.3) is 11.7 Å². The van der Waals surface area contributed by atoms with E-state index in [9.17, 15) is 14.7 Å². The monoisotopic (exact) mass is 505 g/mol. The van der Waals surface area contributed by atoms with Crippen molar-refractivity contribution in [1.82, 2.24) is 4.90 Å². The van der Waals surface area contributed by atoms with Crippen molar-refractivity contribution in [3.05, 3.63) is 83.3 Å². The van der Waals surface area contributed by atoms with Crippen molar-refractivity contribution >= 4 is 17.4 Å². The summed E-state index contributed by atoms with van der Waals surface area (Å²) in [5, 5.41) is 11.3. The van der Waals surface area contributed by atoms with Crippen LogP contribution >= 0.6 is 0 Å². The second-order valence-electron chi connectivity index (χ2n) is 8.58. The maximum atomic E-state index is 13.3. The van der Waals surface area contributed by atoms with Crippen molar-refractivity contribution < 1.29 is 33.3 Å². The number of hydrogen-bond acceptors (Lipinski definition) is 7. The van der Waals surface area contributed by atoms with Gasteiger partial charge in [-0.15, -0.1) is 0 Å². The molecule has 37 heavy (non-hydrogen) atoms. The van der Waals surface area contributed by atoms with Gasteiger partial charge in [0.15, 0.2) is 11.5 Å². The van der Waals surface area contributed by atoms with E-state index in [2.05, 4.69) is 6.92 Å². The fourth-order valence-corrected chi connectivity index (χ4v) is 4.27. The van der Waals surface area contributed by atoms with Gasteiger partial charge in [-0.1, -0.05) is 19.4 Å². The number of hydrogen-bond donors (Lipinski definition) is 1. The van der Waals surface area contributed by atoms with Gasteiger partial charge in [-0.3, -0.25) is 9.59 Å². The second-order valence-corrected chi connectivity index (χ2v) is 8.58. The normalized spacial score (nSPS) is 16.7. The standard InChI is InChI=1S/C29H31NO7/c1-4-6-15-37-23-14-11-20(17-24(23)35-5-2)26-25(27(31)19-9-12-21(34-3)13-10-19)28(32)29(33)30(26)18-22-8-7-16-36-22/h7-14,16-17,26,31H,4-6,15,18H2,1-3H3. The zero-order valence-electron chi connectivity index (χ0n) is 21.2. The number of unbranched alkanes of at least 4 members (excludes halogenated alkanes) is 1. The number of furan rings is 1. The Balaban J connectivity index is 1.82. The number of rotatable bonds is 11. The number of nitrogens with zero attached hydrogens (tertiary/aromatic N) is 1. The molecule has 1 saturated heterocycles. The van der Waals surface area contributed by atoms with E-state index in [0.29, 0.717) is 47.3 Å². The zero-order chi connectivity index (χ0) is 26.4. The molecule has 1 aliphatic rings. The third kappa shape index (κ3) is 5.48. The van der Waals surface area contributed by atoms with E-state index in [1.807, 2.05) is 6.92 Å². The topological polar surface area (TPSA) is 98.4 Å². The number of carbonyl (C=O) groups is 2. The smallest absolute Gasteiger partial charge is 0.296 e. The van der Waals surface area contributed by atoms with Gasteiger partial charge in [0.2, 0.25) is 0 Å². The molecule has 3 aromatic rings. The molecule has 0 radical (unpaired) electrons. The molecule has 0 saturated carbocycles. The first-order valence-corrected chi connectivity index (χ1v) is 12.3. The van der Waals surface area contributed by atoms with E-state index < -0.39 is 17.7 Å². The Kier molecular flexibility index (Phi) is 8.18. The Hall–Kier alpha value is -4.20. The van der Waals surface area contributed by atoms with Crippen LogP contribution in [0.1, 0.15) is 49.6 Å². The number of ether oxygens (including phenoxy) is 3. The van der Waals surface area contributed by atoms with Gasteiger partial charge in [0.1, 0.15) is 17.3 Å². The molecule has 2 aromatic carbocycles. The molecule has 0 spiro atoms. The molecule has 1 N–H and O–H groups in total. The van der Waals surface area contributed by atoms with E-state index in [4.69, 9.17) is 18.6 Å². The predicted octanol–water partition coefficient (Wildman–Crippen LogP) is 5.49. The van der Waals surface area contributed by atoms with Crippen LogP contribution < -0.4 is 14.2 Å². The fourth-order valence-electron chi connectivity index (χ4n) is 4.27. The molecule has 1 unspecified atom stereocenters. The van der Waals surface area contributed by atoms with Crippen LogP contribution in [0.5, 0.6) is 17.2 Å². The number of aliphatic hydroxyl groups is 1. The lowest BCUT2D eigenvalue weighted by atomic mass is 9.95. The van der Waals surface area contributed by atoms with Gasteiger partial charge in [0.05, 0.1) is 44.7 Å². The van der Waals surface area contributed by atoms with Gasteiger partial charge < -0.3 is 28.6 Å². The van der Waals surface area contributed by atoms with Crippen LogP contribution in [0.2, 0.25) is 0 Å². The zero-order valence-corrected chi connectivity index (χ0v) is 21.2. The number of methoxy groups -OCH3 is 1. The number of benzene rings is 2. The lowest BCUT2D eigenvalue weighted by Gasteiger charge is -2.25. The molecule has 194 valence electrons. The van der Waals surface area contributed by atoms with Crippen LogP contribution in [0, 0.1) is 0 Å². The Morgan fingerprint density at radius 3 is 2.46 bits per heavy atom. The summed E-state index contributed by atoms with van der Waals surface area (Å²) in [6.07, 6.45) is 3.40. The molecular weight excluding hydrogens is 474 g/mol. The third-order valence-electron chi connectivity index (χ3n) is 6.15. The minimum Gasteiger partial charge on any atom is -0.507 e. The van der Waals surface area contributed by atoms with Gasteiger partial charge >= 0.3 is 0 Å². The molecule has 8 heteroatoms. The summed E-state index contributed by atoms with van der Waals surface area (Å²) in [6, 6.07) is 14.5. The van der Waals surface area contributed by atoms with Crippen molar-refractivity contribution in [1.29, 1.82) is 0 Å². The van der Waals surface area contributed by atoms with Crippen LogP contribution in [0.3, 0.4) is 0 Å². The SMILES string of the molecule is CCCCOc1ccc(C2C(=C(O)c3ccc(OC)cc3)C(=O)C(=O)N2Cc2ccco2)cc1OCC. The summed E-state index contributed by atoms with van der Waals surface area (Å²) < 4.78 is 22.4. The number of aliphatic hydroxyl groups excluding tert-OH is 1. The molecule has 0 aliphatic carbocycles. The second kappa shape index (κ2) is 11.7. The third-order valence-corrected chi connectivity index (χ3v) is 6.15. The first kappa shape index (κ1) is 25.9. The summed E-state index contributed by atoms with van der Waals surface area (Å²) in [4.78, 5) is 27.9. The quantitative estimate of drug-likeness (QED) is 0.159. The van der Waals surface area contributed by atoms with Crippen molar-refractivity contribution in [2.75, 3.05) is 20.3 Å². The number of likely N-dealkylation sites (tertiary alicyclic amines) is 1. The molecule has 2 heterocycles. The molecule has 8 nitrogen and oxygen atoms in total. The Bertz CT molecular complexity index is 1260. The van der Waals surface area contributed by atoms with E-state index >= 15 is 0 Å². The van der Waals surface area contributed by atoms with Crippen LogP contribution in [-0.2, 0) is 16.1 Å². The molecule has 1 aliphatic heterocycles. The highest BCUT2D eigenvalue weighted by Gasteiger charge is 2.46. The molecule has 1 fully saturated rings. The minimum absolute atomic E-state index is 0.0103. The first-order valence-electron chi connectivity index (χ1n) is 12.3. The maximum Gasteiger partial charge on any atom is 0.296 e. The molecule has 1 aromatic heterocycles. The van der Waals surface area contributed by atoms with Crippen LogP contribution in [-0.4, -0.2) is 42.0 Å². The molecule has 0 bridgehead atoms. The minimum atomic E-state index is -0.865. The average Bonchev–Trinajstić information content (AvgIpc) is 3.52. The van der Waals surface area contributed by atoms with E-state index in [0.717, 1.165) is 12.8 Å². The van der Waals surface area contributed by atoms with E-state index in [-0.39, 0.29) is 17.9 Å². The molecule has 1 atom stereocenters. The number of Topliss-reactive ketones (excluding diaryl/α,β-unsaturated/α-hetero) is 1. The van der Waals surface area contributed by atoms with Gasteiger partial charge in [-0.2, -0.15) is 0 Å². The van der Waals surface area contributed by atoms with Gasteiger partial charge in [0, 0.05) is 5.56 Å². The Labute approximate surface area is 216 Å². The lowest BCUT2D eigenvalue weighted by molar-refractivity contribution is -0.140. The largest absolute Gasteiger partial charge is 0.507 e. The van der Waals surface area contributed by atoms with Crippen LogP contribution in [0.25, 0.3) is 5.76 Å². The molecule has 1 amide bonds. The summed E-state index contributed by atoms with van der Waals surface area (Å²) >= 11 is 0. The number of carbonyl (C=O) groups excluding carboxylic acids is 2. The highest BCUT2D eigenvalue weighted by atomic mass is 16.5. The number of amides is 1. The first-order chi connectivity index (χ1) is 18.0. The van der Waals surface area contributed by atoms with Crippen molar-refractivity contribution in [2.45, 2.75) is 39.3 Å². The van der Waals surface area contributed by atoms with Crippen molar-refractivity contribution in [2.24, 2.45) is 0 Å². The predicted molar refractivity (Wildman–Crippen MR) is 138 cm³/mol. The maximum absolute atomic E-state index is 13.3.